The van der Waals surface area contributed by atoms with Crippen LogP contribution in [0, 0.1) is 5.82 Å². The largest absolute Gasteiger partial charge is 0.388 e. The van der Waals surface area contributed by atoms with Crippen LogP contribution in [0.1, 0.15) is 11.3 Å². The Morgan fingerprint density at radius 2 is 2.04 bits per heavy atom. The number of hydrogen-bond donors (Lipinski definition) is 1. The van der Waals surface area contributed by atoms with E-state index in [-0.39, 0.29) is 18.3 Å². The van der Waals surface area contributed by atoms with Crippen LogP contribution < -0.4 is 5.73 Å². The molecule has 2 N–H and O–H groups in total. The standard InChI is InChI=1S/C17H13ClFN3OS/c18-13-3-1-2-12(8-13)16(20)22-23-9-15-10-24-17(21-15)11-4-6-14(19)7-5-11/h1-8,10H,9H2,(H2,20,22). The van der Waals surface area contributed by atoms with E-state index in [1.807, 2.05) is 5.38 Å². The summed E-state index contributed by atoms with van der Waals surface area (Å²) in [6.07, 6.45) is 0. The maximum absolute atomic E-state index is 12.9. The molecule has 0 spiro atoms. The van der Waals surface area contributed by atoms with Crippen LogP contribution in [-0.2, 0) is 11.4 Å². The monoisotopic (exact) mass is 361 g/mol. The number of nitrogens with two attached hydrogens (primary N) is 1. The molecule has 0 aliphatic carbocycles. The van der Waals surface area contributed by atoms with Gasteiger partial charge in [0, 0.05) is 21.5 Å². The van der Waals surface area contributed by atoms with Gasteiger partial charge in [0.05, 0.1) is 5.69 Å². The van der Waals surface area contributed by atoms with Crippen LogP contribution in [0.25, 0.3) is 10.6 Å². The van der Waals surface area contributed by atoms with Crippen LogP contribution in [0.15, 0.2) is 59.1 Å². The fourth-order valence-corrected chi connectivity index (χ4v) is 2.97. The quantitative estimate of drug-likeness (QED) is 0.415. The van der Waals surface area contributed by atoms with E-state index in [1.54, 1.807) is 36.4 Å². The summed E-state index contributed by atoms with van der Waals surface area (Å²) >= 11 is 7.36. The predicted octanol–water partition coefficient (Wildman–Crippen LogP) is 4.44. The van der Waals surface area contributed by atoms with E-state index >= 15 is 0 Å². The summed E-state index contributed by atoms with van der Waals surface area (Å²) in [4.78, 5) is 9.68. The molecule has 0 saturated heterocycles. The van der Waals surface area contributed by atoms with Gasteiger partial charge in [-0.2, -0.15) is 0 Å². The van der Waals surface area contributed by atoms with Crippen molar-refractivity contribution in [2.45, 2.75) is 6.61 Å². The van der Waals surface area contributed by atoms with Crippen molar-refractivity contribution in [3.63, 3.8) is 0 Å². The van der Waals surface area contributed by atoms with Crippen LogP contribution in [0.3, 0.4) is 0 Å². The van der Waals surface area contributed by atoms with Crippen molar-refractivity contribution in [3.8, 4) is 10.6 Å². The van der Waals surface area contributed by atoms with Gasteiger partial charge < -0.3 is 10.6 Å². The Kier molecular flexibility index (Phi) is 5.08. The highest BCUT2D eigenvalue weighted by Crippen LogP contribution is 2.24. The smallest absolute Gasteiger partial charge is 0.170 e. The van der Waals surface area contributed by atoms with E-state index in [4.69, 9.17) is 22.2 Å². The maximum Gasteiger partial charge on any atom is 0.170 e. The summed E-state index contributed by atoms with van der Waals surface area (Å²) in [5.74, 6) is -0.0313. The molecule has 0 radical (unpaired) electrons. The molecule has 0 fully saturated rings. The van der Waals surface area contributed by atoms with Gasteiger partial charge in [-0.3, -0.25) is 0 Å². The Labute approximate surface area is 147 Å². The normalized spacial score (nSPS) is 11.5. The average Bonchev–Trinajstić information content (AvgIpc) is 3.04. The second-order valence-electron chi connectivity index (χ2n) is 4.91. The number of benzene rings is 2. The molecule has 24 heavy (non-hydrogen) atoms. The lowest BCUT2D eigenvalue weighted by molar-refractivity contribution is 0.128. The van der Waals surface area contributed by atoms with E-state index in [2.05, 4.69) is 10.1 Å². The van der Waals surface area contributed by atoms with Gasteiger partial charge in [-0.25, -0.2) is 9.37 Å². The fourth-order valence-electron chi connectivity index (χ4n) is 1.97. The minimum atomic E-state index is -0.273. The molecule has 0 aliphatic rings. The summed E-state index contributed by atoms with van der Waals surface area (Å²) in [5, 5.41) is 7.11. The maximum atomic E-state index is 12.9. The summed E-state index contributed by atoms with van der Waals surface area (Å²) in [7, 11) is 0. The zero-order valence-electron chi connectivity index (χ0n) is 12.4. The molecule has 3 rings (SSSR count). The number of oxime groups is 1. The lowest BCUT2D eigenvalue weighted by atomic mass is 10.2. The Balaban J connectivity index is 1.63. The third kappa shape index (κ3) is 4.10. The summed E-state index contributed by atoms with van der Waals surface area (Å²) in [6, 6.07) is 13.2. The van der Waals surface area contributed by atoms with Crippen molar-refractivity contribution in [3.05, 3.63) is 76.0 Å². The molecule has 0 aliphatic heterocycles. The molecule has 2 aromatic carbocycles. The summed E-state index contributed by atoms with van der Waals surface area (Å²) in [5.41, 5.74) is 8.12. The molecular weight excluding hydrogens is 349 g/mol. The highest BCUT2D eigenvalue weighted by molar-refractivity contribution is 7.13. The minimum Gasteiger partial charge on any atom is -0.388 e. The lowest BCUT2D eigenvalue weighted by Gasteiger charge is -2.01. The van der Waals surface area contributed by atoms with Crippen LogP contribution in [0.2, 0.25) is 5.02 Å². The SMILES string of the molecule is N/C(=N\OCc1csc(-c2ccc(F)cc2)n1)c1cccc(Cl)c1. The number of halogens is 2. The third-order valence-corrected chi connectivity index (χ3v) is 4.31. The molecule has 0 amide bonds. The molecular formula is C17H13ClFN3OS. The van der Waals surface area contributed by atoms with Crippen LogP contribution in [0.5, 0.6) is 0 Å². The Morgan fingerprint density at radius 3 is 2.79 bits per heavy atom. The summed E-state index contributed by atoms with van der Waals surface area (Å²) in [6.45, 7) is 0.193. The first kappa shape index (κ1) is 16.4. The van der Waals surface area contributed by atoms with Crippen LogP contribution in [0.4, 0.5) is 4.39 Å². The zero-order valence-corrected chi connectivity index (χ0v) is 14.0. The molecule has 3 aromatic rings. The number of rotatable bonds is 5. The molecule has 0 unspecified atom stereocenters. The highest BCUT2D eigenvalue weighted by Gasteiger charge is 2.06. The van der Waals surface area contributed by atoms with E-state index < -0.39 is 0 Å². The van der Waals surface area contributed by atoms with Gasteiger partial charge in [-0.05, 0) is 36.4 Å². The first-order valence-electron chi connectivity index (χ1n) is 7.03. The minimum absolute atomic E-state index is 0.193. The Morgan fingerprint density at radius 1 is 1.25 bits per heavy atom. The zero-order chi connectivity index (χ0) is 16.9. The molecule has 0 bridgehead atoms. The number of amidine groups is 1. The molecule has 4 nitrogen and oxygen atoms in total. The van der Waals surface area contributed by atoms with E-state index in [1.165, 1.54) is 23.5 Å². The van der Waals surface area contributed by atoms with Crippen molar-refractivity contribution >= 4 is 28.8 Å². The predicted molar refractivity (Wildman–Crippen MR) is 94.5 cm³/mol. The number of nitrogens with zero attached hydrogens (tertiary/aromatic N) is 2. The summed E-state index contributed by atoms with van der Waals surface area (Å²) < 4.78 is 12.9. The van der Waals surface area contributed by atoms with Crippen molar-refractivity contribution in [1.29, 1.82) is 0 Å². The first-order valence-corrected chi connectivity index (χ1v) is 8.29. The van der Waals surface area contributed by atoms with Crippen LogP contribution in [-0.4, -0.2) is 10.8 Å². The van der Waals surface area contributed by atoms with E-state index in [0.717, 1.165) is 16.3 Å². The van der Waals surface area contributed by atoms with Crippen molar-refractivity contribution in [1.82, 2.24) is 4.98 Å². The topological polar surface area (TPSA) is 60.5 Å². The van der Waals surface area contributed by atoms with Crippen molar-refractivity contribution in [2.75, 3.05) is 0 Å². The van der Waals surface area contributed by atoms with Gasteiger partial charge in [0.15, 0.2) is 12.4 Å². The lowest BCUT2D eigenvalue weighted by Crippen LogP contribution is -2.13. The second kappa shape index (κ2) is 7.42. The van der Waals surface area contributed by atoms with Gasteiger partial charge in [-0.1, -0.05) is 28.9 Å². The number of thiazole rings is 1. The van der Waals surface area contributed by atoms with Crippen molar-refractivity contribution in [2.24, 2.45) is 10.9 Å². The van der Waals surface area contributed by atoms with Gasteiger partial charge in [0.2, 0.25) is 0 Å². The van der Waals surface area contributed by atoms with Gasteiger partial charge >= 0.3 is 0 Å². The highest BCUT2D eigenvalue weighted by atomic mass is 35.5. The van der Waals surface area contributed by atoms with Gasteiger partial charge in [0.25, 0.3) is 0 Å². The molecule has 1 heterocycles. The fraction of sp³-hybridized carbons (Fsp3) is 0.0588. The number of aromatic nitrogens is 1. The molecule has 1 aromatic heterocycles. The Bertz CT molecular complexity index is 864. The van der Waals surface area contributed by atoms with E-state index in [0.29, 0.717) is 10.6 Å². The van der Waals surface area contributed by atoms with Gasteiger partial charge in [0.1, 0.15) is 10.8 Å². The Hall–Kier alpha value is -2.44. The third-order valence-electron chi connectivity index (χ3n) is 3.14. The average molecular weight is 362 g/mol. The van der Waals surface area contributed by atoms with Crippen molar-refractivity contribution < 1.29 is 9.23 Å². The number of hydrogen-bond acceptors (Lipinski definition) is 4. The molecule has 0 atom stereocenters. The molecule has 122 valence electrons. The molecule has 0 saturated carbocycles. The van der Waals surface area contributed by atoms with Gasteiger partial charge in [-0.15, -0.1) is 11.3 Å². The van der Waals surface area contributed by atoms with Crippen LogP contribution >= 0.6 is 22.9 Å². The first-order chi connectivity index (χ1) is 11.6. The second-order valence-corrected chi connectivity index (χ2v) is 6.21. The molecule has 7 heteroatoms. The van der Waals surface area contributed by atoms with E-state index in [9.17, 15) is 4.39 Å².